The van der Waals surface area contributed by atoms with Crippen LogP contribution in [0.5, 0.6) is 0 Å². The van der Waals surface area contributed by atoms with Gasteiger partial charge in [0.1, 0.15) is 0 Å². The van der Waals surface area contributed by atoms with E-state index in [0.717, 1.165) is 13.3 Å². The first-order valence-electron chi connectivity index (χ1n) is 6.75. The molecule has 1 saturated heterocycles. The summed E-state index contributed by atoms with van der Waals surface area (Å²) in [4.78, 5) is 0. The lowest BCUT2D eigenvalue weighted by atomic mass is 10.4. The predicted octanol–water partition coefficient (Wildman–Crippen LogP) is 2.88. The number of ether oxygens (including phenoxy) is 1. The van der Waals surface area contributed by atoms with Gasteiger partial charge in [0.2, 0.25) is 9.69 Å². The van der Waals surface area contributed by atoms with Gasteiger partial charge in [0.05, 0.1) is 19.6 Å². The molecule has 0 atom stereocenters. The molecule has 22 heavy (non-hydrogen) atoms. The number of quaternary nitrogens is 1. The van der Waals surface area contributed by atoms with E-state index in [1.165, 1.54) is 37.0 Å². The first kappa shape index (κ1) is 21.5. The van der Waals surface area contributed by atoms with Gasteiger partial charge in [-0.1, -0.05) is 0 Å². The Kier molecular flexibility index (Phi) is 7.69. The first-order chi connectivity index (χ1) is 9.83. The fourth-order valence-electron chi connectivity index (χ4n) is 1.98. The Balaban J connectivity index is 0.000000401. The molecule has 1 aliphatic rings. The SMILES string of the molecule is CCOC[N+]1(CC)CCCC1.O=S(=O)([B-](F)(F)F)C(F)(F)F. The second-order valence-electron chi connectivity index (χ2n) is 4.94. The number of halogens is 6. The highest BCUT2D eigenvalue weighted by molar-refractivity contribution is 8.20. The van der Waals surface area contributed by atoms with Crippen LogP contribution >= 0.6 is 0 Å². The van der Waals surface area contributed by atoms with Crippen LogP contribution in [0.4, 0.5) is 26.1 Å². The van der Waals surface area contributed by atoms with Crippen molar-refractivity contribution in [1.82, 2.24) is 0 Å². The summed E-state index contributed by atoms with van der Waals surface area (Å²) in [5.74, 6) is 0. The van der Waals surface area contributed by atoms with Crippen LogP contribution in [-0.2, 0) is 14.4 Å². The molecular weight excluding hydrogens is 339 g/mol. The van der Waals surface area contributed by atoms with Gasteiger partial charge in [0.15, 0.2) is 6.73 Å². The number of alkyl halides is 3. The average Bonchev–Trinajstić information content (AvgIpc) is 2.84. The molecule has 1 heterocycles. The van der Waals surface area contributed by atoms with E-state index in [1.807, 2.05) is 0 Å². The van der Waals surface area contributed by atoms with Gasteiger partial charge in [-0.15, -0.1) is 0 Å². The van der Waals surface area contributed by atoms with Crippen molar-refractivity contribution in [3.05, 3.63) is 0 Å². The quantitative estimate of drug-likeness (QED) is 0.431. The third-order valence-corrected chi connectivity index (χ3v) is 4.78. The maximum atomic E-state index is 11.1. The summed E-state index contributed by atoms with van der Waals surface area (Å²) >= 11 is 0. The minimum absolute atomic E-state index is 0.861. The van der Waals surface area contributed by atoms with Gasteiger partial charge in [-0.25, -0.2) is 0 Å². The molecule has 0 spiro atoms. The summed E-state index contributed by atoms with van der Waals surface area (Å²) in [6, 6.07) is 0. The Morgan fingerprint density at radius 3 is 1.77 bits per heavy atom. The lowest BCUT2D eigenvalue weighted by Gasteiger charge is -2.32. The predicted molar refractivity (Wildman–Crippen MR) is 70.3 cm³/mol. The molecule has 0 aromatic heterocycles. The Hall–Kier alpha value is -0.485. The number of hydrogen-bond acceptors (Lipinski definition) is 3. The molecule has 0 amide bonds. The van der Waals surface area contributed by atoms with Crippen LogP contribution in [0.25, 0.3) is 0 Å². The molecule has 0 aliphatic carbocycles. The van der Waals surface area contributed by atoms with Crippen LogP contribution in [0.3, 0.4) is 0 Å². The number of hydrogen-bond donors (Lipinski definition) is 0. The molecular formula is C10H20BF6NO3S. The Labute approximate surface area is 125 Å². The summed E-state index contributed by atoms with van der Waals surface area (Å²) < 4.78 is 92.0. The maximum absolute atomic E-state index is 11.1. The zero-order valence-corrected chi connectivity index (χ0v) is 13.2. The van der Waals surface area contributed by atoms with Gasteiger partial charge < -0.3 is 22.2 Å². The molecule has 0 bridgehead atoms. The highest BCUT2D eigenvalue weighted by Crippen LogP contribution is 2.33. The van der Waals surface area contributed by atoms with Gasteiger partial charge in [0, 0.05) is 19.4 Å². The van der Waals surface area contributed by atoms with Gasteiger partial charge >= 0.3 is 11.8 Å². The zero-order chi connectivity index (χ0) is 17.7. The molecule has 4 nitrogen and oxygen atoms in total. The smallest absolute Gasteiger partial charge is 0.436 e. The molecule has 0 aromatic carbocycles. The van der Waals surface area contributed by atoms with Crippen molar-refractivity contribution in [2.75, 3.05) is 33.0 Å². The van der Waals surface area contributed by atoms with Gasteiger partial charge in [-0.05, 0) is 13.8 Å². The number of rotatable bonds is 5. The minimum Gasteiger partial charge on any atom is -0.436 e. The normalized spacial score (nSPS) is 18.7. The van der Waals surface area contributed by atoms with Crippen molar-refractivity contribution in [2.45, 2.75) is 32.2 Å². The van der Waals surface area contributed by atoms with Crippen LogP contribution in [0.1, 0.15) is 26.7 Å². The van der Waals surface area contributed by atoms with E-state index in [-0.39, 0.29) is 0 Å². The zero-order valence-electron chi connectivity index (χ0n) is 12.4. The molecule has 0 radical (unpaired) electrons. The minimum atomic E-state index is -6.95. The standard InChI is InChI=1S/C9H20NO.CBF6O2S/c1-3-10(9-11-4-2)7-5-6-8-10;3-1(4,5)11(9,10)2(6,7)8/h3-9H2,1-2H3;/q+1;-1. The third-order valence-electron chi connectivity index (χ3n) is 3.43. The average molecular weight is 359 g/mol. The molecule has 0 saturated carbocycles. The largest absolute Gasteiger partial charge is 0.616 e. The van der Waals surface area contributed by atoms with Crippen LogP contribution in [-0.4, -0.2) is 57.6 Å². The van der Waals surface area contributed by atoms with Crippen LogP contribution in [0, 0.1) is 0 Å². The molecule has 0 N–H and O–H groups in total. The Morgan fingerprint density at radius 2 is 1.55 bits per heavy atom. The van der Waals surface area contributed by atoms with E-state index in [1.54, 1.807) is 0 Å². The van der Waals surface area contributed by atoms with E-state index in [4.69, 9.17) is 4.74 Å². The molecule has 1 rings (SSSR count). The fraction of sp³-hybridized carbons (Fsp3) is 1.00. The van der Waals surface area contributed by atoms with Crippen LogP contribution in [0.15, 0.2) is 0 Å². The Bertz CT molecular complexity index is 411. The van der Waals surface area contributed by atoms with Crippen molar-refractivity contribution in [3.63, 3.8) is 0 Å². The Morgan fingerprint density at radius 1 is 1.09 bits per heavy atom. The van der Waals surface area contributed by atoms with Crippen LogP contribution < -0.4 is 0 Å². The first-order valence-corrected chi connectivity index (χ1v) is 8.30. The summed E-state index contributed by atoms with van der Waals surface area (Å²) in [7, 11) is -6.95. The summed E-state index contributed by atoms with van der Waals surface area (Å²) in [6.45, 7) is 10.0. The second kappa shape index (κ2) is 7.87. The van der Waals surface area contributed by atoms with Crippen molar-refractivity contribution in [3.8, 4) is 0 Å². The number of likely N-dealkylation sites (tertiary alicyclic amines) is 1. The molecule has 1 aliphatic heterocycles. The lowest BCUT2D eigenvalue weighted by Crippen LogP contribution is -2.46. The van der Waals surface area contributed by atoms with Gasteiger partial charge in [0.25, 0.3) is 0 Å². The van der Waals surface area contributed by atoms with E-state index >= 15 is 0 Å². The molecule has 12 heteroatoms. The van der Waals surface area contributed by atoms with Crippen molar-refractivity contribution < 1.29 is 43.8 Å². The summed E-state index contributed by atoms with van der Waals surface area (Å²) in [5, 5.41) is 0. The van der Waals surface area contributed by atoms with Gasteiger partial charge in [-0.2, -0.15) is 13.2 Å². The van der Waals surface area contributed by atoms with E-state index < -0.39 is 21.5 Å². The topological polar surface area (TPSA) is 43.4 Å². The van der Waals surface area contributed by atoms with Crippen LogP contribution in [0.2, 0.25) is 0 Å². The highest BCUT2D eigenvalue weighted by Gasteiger charge is 2.58. The highest BCUT2D eigenvalue weighted by atomic mass is 32.2. The second-order valence-corrected chi connectivity index (χ2v) is 7.03. The van der Waals surface area contributed by atoms with Gasteiger partial charge in [-0.3, -0.25) is 8.42 Å². The van der Waals surface area contributed by atoms with E-state index in [2.05, 4.69) is 13.8 Å². The molecule has 1 fully saturated rings. The van der Waals surface area contributed by atoms with Crippen molar-refractivity contribution >= 4 is 15.9 Å². The van der Waals surface area contributed by atoms with Crippen molar-refractivity contribution in [2.24, 2.45) is 0 Å². The summed E-state index contributed by atoms with van der Waals surface area (Å²) in [6.07, 6.45) is -4.12. The lowest BCUT2D eigenvalue weighted by molar-refractivity contribution is -0.933. The van der Waals surface area contributed by atoms with E-state index in [0.29, 0.717) is 0 Å². The monoisotopic (exact) mass is 359 g/mol. The molecule has 0 aromatic rings. The summed E-state index contributed by atoms with van der Waals surface area (Å²) in [5.41, 5.74) is -6.24. The molecule has 134 valence electrons. The fourth-order valence-corrected chi connectivity index (χ4v) is 2.28. The third kappa shape index (κ3) is 5.62. The molecule has 0 unspecified atom stereocenters. The number of nitrogens with zero attached hydrogens (tertiary/aromatic N) is 1. The van der Waals surface area contributed by atoms with Crippen molar-refractivity contribution in [1.29, 1.82) is 0 Å². The maximum Gasteiger partial charge on any atom is 0.616 e. The van der Waals surface area contributed by atoms with E-state index in [9.17, 15) is 34.5 Å².